The number of hydrogen-bond donors (Lipinski definition) is 0. The van der Waals surface area contributed by atoms with E-state index in [-0.39, 0.29) is 5.92 Å². The molecule has 0 spiro atoms. The van der Waals surface area contributed by atoms with E-state index >= 15 is 0 Å². The Morgan fingerprint density at radius 3 is 2.54 bits per heavy atom. The third kappa shape index (κ3) is 4.13. The van der Waals surface area contributed by atoms with Gasteiger partial charge in [-0.2, -0.15) is 5.10 Å². The van der Waals surface area contributed by atoms with Gasteiger partial charge in [-0.3, -0.25) is 9.69 Å². The number of aryl methyl sites for hydroxylation is 1. The molecule has 6 nitrogen and oxygen atoms in total. The van der Waals surface area contributed by atoms with Gasteiger partial charge >= 0.3 is 0 Å². The zero-order valence-corrected chi connectivity index (χ0v) is 15.9. The molecule has 1 aromatic heterocycles. The van der Waals surface area contributed by atoms with Crippen LogP contribution in [0.1, 0.15) is 32.5 Å². The molecule has 1 aliphatic heterocycles. The summed E-state index contributed by atoms with van der Waals surface area (Å²) in [5.74, 6) is 1.38. The lowest BCUT2D eigenvalue weighted by molar-refractivity contribution is -0.136. The number of carbonyl (C=O) groups excluding carboxylic acids is 1. The van der Waals surface area contributed by atoms with Gasteiger partial charge in [0.15, 0.2) is 4.77 Å². The zero-order chi connectivity index (χ0) is 17.7. The maximum atomic E-state index is 12.5. The Morgan fingerprint density at radius 2 is 2.00 bits per heavy atom. The number of likely N-dealkylation sites (tertiary alicyclic amines) is 1. The first-order valence-electron chi connectivity index (χ1n) is 8.78. The van der Waals surface area contributed by atoms with E-state index in [2.05, 4.69) is 16.6 Å². The number of hydrogen-bond acceptors (Lipinski definition) is 4. The molecular weight excluding hydrogens is 322 g/mol. The Kier molecular flexibility index (Phi) is 6.74. The smallest absolute Gasteiger partial charge is 0.225 e. The molecule has 1 aromatic rings. The van der Waals surface area contributed by atoms with E-state index in [1.165, 1.54) is 0 Å². The number of rotatable bonds is 7. The molecular formula is C17H29N5OS. The first-order chi connectivity index (χ1) is 11.5. The summed E-state index contributed by atoms with van der Waals surface area (Å²) in [7, 11) is 0. The van der Waals surface area contributed by atoms with Crippen LogP contribution in [0.15, 0.2) is 12.7 Å². The van der Waals surface area contributed by atoms with Crippen LogP contribution in [0.25, 0.3) is 0 Å². The third-order valence-corrected chi connectivity index (χ3v) is 5.20. The molecule has 1 amide bonds. The molecule has 0 atom stereocenters. The van der Waals surface area contributed by atoms with E-state index in [1.54, 1.807) is 0 Å². The maximum Gasteiger partial charge on any atom is 0.225 e. The van der Waals surface area contributed by atoms with E-state index < -0.39 is 0 Å². The lowest BCUT2D eigenvalue weighted by Crippen LogP contribution is -2.43. The quantitative estimate of drug-likeness (QED) is 0.559. The number of piperidine rings is 1. The van der Waals surface area contributed by atoms with E-state index in [4.69, 9.17) is 12.2 Å². The van der Waals surface area contributed by atoms with E-state index in [0.29, 0.717) is 19.1 Å². The van der Waals surface area contributed by atoms with Crippen LogP contribution in [0, 0.1) is 17.6 Å². The second kappa shape index (κ2) is 8.58. The number of allylic oxidation sites excluding steroid dienone is 1. The van der Waals surface area contributed by atoms with Gasteiger partial charge in [0.05, 0.1) is 6.67 Å². The molecule has 1 fully saturated rings. The predicted molar refractivity (Wildman–Crippen MR) is 98.2 cm³/mol. The van der Waals surface area contributed by atoms with Crippen molar-refractivity contribution in [2.45, 2.75) is 46.8 Å². The maximum absolute atomic E-state index is 12.5. The summed E-state index contributed by atoms with van der Waals surface area (Å²) in [6.07, 6.45) is 3.66. The molecule has 24 heavy (non-hydrogen) atoms. The molecule has 0 aliphatic carbocycles. The zero-order valence-electron chi connectivity index (χ0n) is 15.1. The van der Waals surface area contributed by atoms with Gasteiger partial charge in [-0.05, 0) is 45.8 Å². The minimum Gasteiger partial charge on any atom is -0.343 e. The summed E-state index contributed by atoms with van der Waals surface area (Å²) < 4.78 is 4.59. The highest BCUT2D eigenvalue weighted by Gasteiger charge is 2.27. The Bertz CT molecular complexity index is 623. The summed E-state index contributed by atoms with van der Waals surface area (Å²) in [6, 6.07) is 0. The fraction of sp³-hybridized carbons (Fsp3) is 0.706. The number of carbonyl (C=O) groups is 1. The minimum absolute atomic E-state index is 0.161. The van der Waals surface area contributed by atoms with Crippen LogP contribution in [0.3, 0.4) is 0 Å². The monoisotopic (exact) mass is 351 g/mol. The van der Waals surface area contributed by atoms with Crippen molar-refractivity contribution < 1.29 is 4.79 Å². The molecule has 0 unspecified atom stereocenters. The first-order valence-corrected chi connectivity index (χ1v) is 9.18. The summed E-state index contributed by atoms with van der Waals surface area (Å²) in [5.41, 5.74) is 0. The summed E-state index contributed by atoms with van der Waals surface area (Å²) in [4.78, 5) is 16.7. The van der Waals surface area contributed by atoms with Crippen molar-refractivity contribution in [2.75, 3.05) is 26.2 Å². The third-order valence-electron chi connectivity index (χ3n) is 4.77. The lowest BCUT2D eigenvalue weighted by Gasteiger charge is -2.33. The Balaban J connectivity index is 1.94. The van der Waals surface area contributed by atoms with Crippen LogP contribution < -0.4 is 0 Å². The van der Waals surface area contributed by atoms with Crippen LogP contribution >= 0.6 is 12.2 Å². The average Bonchev–Trinajstić information content (AvgIpc) is 2.84. The summed E-state index contributed by atoms with van der Waals surface area (Å²) in [6.45, 7) is 14.6. The number of amides is 1. The minimum atomic E-state index is 0.161. The fourth-order valence-corrected chi connectivity index (χ4v) is 3.59. The van der Waals surface area contributed by atoms with Crippen molar-refractivity contribution in [3.8, 4) is 0 Å². The number of aromatic nitrogens is 3. The molecule has 7 heteroatoms. The highest BCUT2D eigenvalue weighted by Crippen LogP contribution is 2.20. The van der Waals surface area contributed by atoms with Crippen molar-refractivity contribution in [3.05, 3.63) is 23.3 Å². The normalized spacial score (nSPS) is 16.3. The van der Waals surface area contributed by atoms with Crippen LogP contribution in [0.4, 0.5) is 0 Å². The second-order valence-electron chi connectivity index (χ2n) is 6.27. The molecule has 0 radical (unpaired) electrons. The van der Waals surface area contributed by atoms with Crippen molar-refractivity contribution in [3.63, 3.8) is 0 Å². The van der Waals surface area contributed by atoms with Crippen molar-refractivity contribution in [1.29, 1.82) is 0 Å². The van der Waals surface area contributed by atoms with Crippen LogP contribution in [0.5, 0.6) is 0 Å². The molecule has 0 bridgehead atoms. The molecule has 0 saturated carbocycles. The molecule has 2 heterocycles. The molecule has 2 rings (SSSR count). The predicted octanol–water partition coefficient (Wildman–Crippen LogP) is 2.45. The summed E-state index contributed by atoms with van der Waals surface area (Å²) >= 11 is 5.51. The molecule has 0 aromatic carbocycles. The van der Waals surface area contributed by atoms with Crippen molar-refractivity contribution >= 4 is 18.1 Å². The van der Waals surface area contributed by atoms with Gasteiger partial charge in [-0.15, -0.1) is 6.58 Å². The van der Waals surface area contributed by atoms with Gasteiger partial charge < -0.3 is 9.47 Å². The topological polar surface area (TPSA) is 46.3 Å². The second-order valence-corrected chi connectivity index (χ2v) is 6.64. The van der Waals surface area contributed by atoms with Gasteiger partial charge in [0, 0.05) is 38.6 Å². The van der Waals surface area contributed by atoms with Gasteiger partial charge in [0.1, 0.15) is 5.82 Å². The Labute approximate surface area is 149 Å². The van der Waals surface area contributed by atoms with Gasteiger partial charge in [-0.25, -0.2) is 4.68 Å². The fourth-order valence-electron chi connectivity index (χ4n) is 3.28. The standard InChI is InChI=1S/C17H29N5OS/c1-5-10-21-14(4)18-22(17(21)24)13-19-11-8-15(9-12-19)16(23)20(6-2)7-3/h5,15H,1,6-13H2,2-4H3. The van der Waals surface area contributed by atoms with E-state index in [1.807, 2.05) is 41.0 Å². The lowest BCUT2D eigenvalue weighted by atomic mass is 9.95. The molecule has 134 valence electrons. The van der Waals surface area contributed by atoms with Gasteiger partial charge in [0.2, 0.25) is 5.91 Å². The SMILES string of the molecule is C=CCn1c(C)nn(CN2CCC(C(=O)N(CC)CC)CC2)c1=S. The molecule has 0 N–H and O–H groups in total. The van der Waals surface area contributed by atoms with Crippen molar-refractivity contribution in [1.82, 2.24) is 24.1 Å². The van der Waals surface area contributed by atoms with E-state index in [0.717, 1.165) is 49.6 Å². The van der Waals surface area contributed by atoms with Gasteiger partial charge in [-0.1, -0.05) is 6.08 Å². The highest BCUT2D eigenvalue weighted by molar-refractivity contribution is 7.71. The van der Waals surface area contributed by atoms with Crippen LogP contribution in [0.2, 0.25) is 0 Å². The van der Waals surface area contributed by atoms with Gasteiger partial charge in [0.25, 0.3) is 0 Å². The summed E-state index contributed by atoms with van der Waals surface area (Å²) in [5, 5.41) is 4.54. The first kappa shape index (κ1) is 18.9. The van der Waals surface area contributed by atoms with E-state index in [9.17, 15) is 4.79 Å². The van der Waals surface area contributed by atoms with Crippen LogP contribution in [-0.2, 0) is 18.0 Å². The van der Waals surface area contributed by atoms with Crippen LogP contribution in [-0.4, -0.2) is 56.2 Å². The average molecular weight is 352 g/mol. The van der Waals surface area contributed by atoms with Crippen molar-refractivity contribution in [2.24, 2.45) is 5.92 Å². The largest absolute Gasteiger partial charge is 0.343 e. The Morgan fingerprint density at radius 1 is 1.38 bits per heavy atom. The Hall–Kier alpha value is -1.47. The molecule has 1 saturated heterocycles. The number of nitrogens with zero attached hydrogens (tertiary/aromatic N) is 5. The molecule has 1 aliphatic rings. The highest BCUT2D eigenvalue weighted by atomic mass is 32.1.